The molecule has 1 atom stereocenters. The standard InChI is InChI=1S/C12H19N3OS/c1-12(6-3-7-17-12)8-14-11-9(13)4-5-10(15-11)16-2/h4-5H,3,6-8,13H2,1-2H3,(H,14,15). The number of anilines is 2. The highest BCUT2D eigenvalue weighted by Crippen LogP contribution is 2.37. The second-order valence-corrected chi connectivity index (χ2v) is 6.23. The number of ether oxygens (including phenoxy) is 1. The van der Waals surface area contributed by atoms with Crippen LogP contribution in [0, 0.1) is 0 Å². The molecule has 0 saturated carbocycles. The summed E-state index contributed by atoms with van der Waals surface area (Å²) in [5.41, 5.74) is 6.55. The molecule has 5 heteroatoms. The summed E-state index contributed by atoms with van der Waals surface area (Å²) in [5.74, 6) is 2.56. The van der Waals surface area contributed by atoms with Crippen LogP contribution in [0.25, 0.3) is 0 Å². The molecule has 94 valence electrons. The van der Waals surface area contributed by atoms with Crippen LogP contribution in [0.5, 0.6) is 5.88 Å². The van der Waals surface area contributed by atoms with E-state index in [0.717, 1.165) is 12.4 Å². The quantitative estimate of drug-likeness (QED) is 0.862. The van der Waals surface area contributed by atoms with Gasteiger partial charge in [0, 0.05) is 17.4 Å². The monoisotopic (exact) mass is 253 g/mol. The molecule has 0 aromatic carbocycles. The predicted octanol–water partition coefficient (Wildman–Crippen LogP) is 2.37. The van der Waals surface area contributed by atoms with Gasteiger partial charge in [-0.1, -0.05) is 0 Å². The largest absolute Gasteiger partial charge is 0.481 e. The van der Waals surface area contributed by atoms with Crippen LogP contribution in [0.1, 0.15) is 19.8 Å². The minimum absolute atomic E-state index is 0.303. The van der Waals surface area contributed by atoms with Crippen LogP contribution in [0.2, 0.25) is 0 Å². The van der Waals surface area contributed by atoms with Crippen molar-refractivity contribution >= 4 is 23.3 Å². The molecule has 4 nitrogen and oxygen atoms in total. The van der Waals surface area contributed by atoms with E-state index in [1.807, 2.05) is 17.8 Å². The maximum atomic E-state index is 5.88. The fourth-order valence-electron chi connectivity index (χ4n) is 1.95. The van der Waals surface area contributed by atoms with Crippen LogP contribution in [-0.2, 0) is 0 Å². The number of hydrogen-bond acceptors (Lipinski definition) is 5. The van der Waals surface area contributed by atoms with E-state index >= 15 is 0 Å². The first kappa shape index (κ1) is 12.4. The van der Waals surface area contributed by atoms with E-state index in [2.05, 4.69) is 17.2 Å². The van der Waals surface area contributed by atoms with Gasteiger partial charge in [0.1, 0.15) is 0 Å². The normalized spacial score (nSPS) is 23.6. The van der Waals surface area contributed by atoms with Crippen molar-refractivity contribution in [3.05, 3.63) is 12.1 Å². The fraction of sp³-hybridized carbons (Fsp3) is 0.583. The Morgan fingerprint density at radius 2 is 2.41 bits per heavy atom. The summed E-state index contributed by atoms with van der Waals surface area (Å²) in [7, 11) is 1.61. The average molecular weight is 253 g/mol. The SMILES string of the molecule is COc1ccc(N)c(NCC2(C)CCCS2)n1. The number of rotatable bonds is 4. The van der Waals surface area contributed by atoms with Crippen molar-refractivity contribution < 1.29 is 4.74 Å². The van der Waals surface area contributed by atoms with Gasteiger partial charge in [0.2, 0.25) is 5.88 Å². The van der Waals surface area contributed by atoms with Crippen LogP contribution >= 0.6 is 11.8 Å². The van der Waals surface area contributed by atoms with E-state index in [1.165, 1.54) is 18.6 Å². The Kier molecular flexibility index (Phi) is 3.66. The van der Waals surface area contributed by atoms with Gasteiger partial charge < -0.3 is 15.8 Å². The maximum absolute atomic E-state index is 5.88. The molecule has 1 saturated heterocycles. The molecular formula is C12H19N3OS. The number of nitrogen functional groups attached to an aromatic ring is 1. The van der Waals surface area contributed by atoms with Gasteiger partial charge in [-0.3, -0.25) is 0 Å². The highest BCUT2D eigenvalue weighted by Gasteiger charge is 2.29. The van der Waals surface area contributed by atoms with Crippen LogP contribution in [-0.4, -0.2) is 29.1 Å². The van der Waals surface area contributed by atoms with E-state index < -0.39 is 0 Å². The van der Waals surface area contributed by atoms with E-state index in [9.17, 15) is 0 Å². The van der Waals surface area contributed by atoms with E-state index in [-0.39, 0.29) is 0 Å². The highest BCUT2D eigenvalue weighted by atomic mass is 32.2. The van der Waals surface area contributed by atoms with Crippen molar-refractivity contribution in [2.45, 2.75) is 24.5 Å². The number of hydrogen-bond donors (Lipinski definition) is 2. The molecule has 17 heavy (non-hydrogen) atoms. The second kappa shape index (κ2) is 5.04. The van der Waals surface area contributed by atoms with E-state index in [0.29, 0.717) is 16.3 Å². The van der Waals surface area contributed by atoms with E-state index in [4.69, 9.17) is 10.5 Å². The van der Waals surface area contributed by atoms with Crippen LogP contribution in [0.15, 0.2) is 12.1 Å². The summed E-state index contributed by atoms with van der Waals surface area (Å²) >= 11 is 2.02. The number of nitrogens with two attached hydrogens (primary N) is 1. The topological polar surface area (TPSA) is 60.2 Å². The molecule has 3 N–H and O–H groups in total. The third kappa shape index (κ3) is 2.97. The number of nitrogens with one attached hydrogen (secondary N) is 1. The molecule has 0 aliphatic carbocycles. The predicted molar refractivity (Wildman–Crippen MR) is 73.8 cm³/mol. The van der Waals surface area contributed by atoms with Gasteiger partial charge in [-0.2, -0.15) is 16.7 Å². The van der Waals surface area contributed by atoms with Crippen molar-refractivity contribution in [2.24, 2.45) is 0 Å². The third-order valence-electron chi connectivity index (χ3n) is 3.04. The van der Waals surface area contributed by atoms with Gasteiger partial charge in [0.25, 0.3) is 0 Å². The zero-order chi connectivity index (χ0) is 12.3. The van der Waals surface area contributed by atoms with Crippen molar-refractivity contribution in [1.29, 1.82) is 0 Å². The highest BCUT2D eigenvalue weighted by molar-refractivity contribution is 8.00. The Hall–Kier alpha value is -1.10. The summed E-state index contributed by atoms with van der Waals surface area (Å²) in [6.45, 7) is 3.18. The van der Waals surface area contributed by atoms with Crippen molar-refractivity contribution in [1.82, 2.24) is 4.98 Å². The fourth-order valence-corrected chi connectivity index (χ4v) is 3.20. The molecule has 0 radical (unpaired) electrons. The molecule has 1 aromatic rings. The third-order valence-corrected chi connectivity index (χ3v) is 4.58. The molecular weight excluding hydrogens is 234 g/mol. The lowest BCUT2D eigenvalue weighted by Crippen LogP contribution is -2.27. The number of thioether (sulfide) groups is 1. The molecule has 1 unspecified atom stereocenters. The lowest BCUT2D eigenvalue weighted by atomic mass is 10.1. The van der Waals surface area contributed by atoms with Gasteiger partial charge in [-0.05, 0) is 31.6 Å². The number of methoxy groups -OCH3 is 1. The smallest absolute Gasteiger partial charge is 0.215 e. The van der Waals surface area contributed by atoms with Gasteiger partial charge in [-0.15, -0.1) is 0 Å². The van der Waals surface area contributed by atoms with Gasteiger partial charge in [-0.25, -0.2) is 0 Å². The van der Waals surface area contributed by atoms with Gasteiger partial charge >= 0.3 is 0 Å². The molecule has 1 aliphatic rings. The maximum Gasteiger partial charge on any atom is 0.215 e. The number of pyridine rings is 1. The van der Waals surface area contributed by atoms with Gasteiger partial charge in [0.15, 0.2) is 5.82 Å². The lowest BCUT2D eigenvalue weighted by molar-refractivity contribution is 0.398. The number of aromatic nitrogens is 1. The molecule has 1 aliphatic heterocycles. The molecule has 1 fully saturated rings. The first-order valence-corrected chi connectivity index (χ1v) is 6.80. The summed E-state index contributed by atoms with van der Waals surface area (Å²) in [5, 5.41) is 3.33. The summed E-state index contributed by atoms with van der Waals surface area (Å²) in [6.07, 6.45) is 2.54. The molecule has 1 aromatic heterocycles. The second-order valence-electron chi connectivity index (χ2n) is 4.55. The summed E-state index contributed by atoms with van der Waals surface area (Å²) in [6, 6.07) is 3.59. The zero-order valence-corrected chi connectivity index (χ0v) is 11.1. The Morgan fingerprint density at radius 3 is 3.06 bits per heavy atom. The van der Waals surface area contributed by atoms with Crippen LogP contribution in [0.3, 0.4) is 0 Å². The minimum Gasteiger partial charge on any atom is -0.481 e. The van der Waals surface area contributed by atoms with Gasteiger partial charge in [0.05, 0.1) is 12.8 Å². The Morgan fingerprint density at radius 1 is 1.59 bits per heavy atom. The van der Waals surface area contributed by atoms with E-state index in [1.54, 1.807) is 13.2 Å². The lowest BCUT2D eigenvalue weighted by Gasteiger charge is -2.23. The molecule has 0 bridgehead atoms. The summed E-state index contributed by atoms with van der Waals surface area (Å²) < 4.78 is 5.40. The molecule has 0 spiro atoms. The Labute approximate surface area is 106 Å². The molecule has 2 heterocycles. The van der Waals surface area contributed by atoms with Crippen molar-refractivity contribution in [3.8, 4) is 5.88 Å². The van der Waals surface area contributed by atoms with Crippen LogP contribution in [0.4, 0.5) is 11.5 Å². The Bertz CT molecular complexity index is 391. The van der Waals surface area contributed by atoms with Crippen molar-refractivity contribution in [2.75, 3.05) is 30.5 Å². The minimum atomic E-state index is 0.303. The van der Waals surface area contributed by atoms with Crippen LogP contribution < -0.4 is 15.8 Å². The first-order valence-electron chi connectivity index (χ1n) is 5.81. The van der Waals surface area contributed by atoms with Crippen molar-refractivity contribution in [3.63, 3.8) is 0 Å². The zero-order valence-electron chi connectivity index (χ0n) is 10.3. The Balaban J connectivity index is 2.02. The summed E-state index contributed by atoms with van der Waals surface area (Å²) in [4.78, 5) is 4.32. The molecule has 2 rings (SSSR count). The molecule has 0 amide bonds. The first-order chi connectivity index (χ1) is 8.13. The average Bonchev–Trinajstić information content (AvgIpc) is 2.76. The number of nitrogens with zero attached hydrogens (tertiary/aromatic N) is 1.